The van der Waals surface area contributed by atoms with Crippen LogP contribution in [0.5, 0.6) is 0 Å². The molecule has 8 saturated carbocycles. The molecule has 8 bridgehead atoms. The van der Waals surface area contributed by atoms with E-state index in [2.05, 4.69) is 128 Å². The first-order valence-electron chi connectivity index (χ1n) is 35.8. The summed E-state index contributed by atoms with van der Waals surface area (Å²) in [6, 6.07) is 45.4. The van der Waals surface area contributed by atoms with Crippen molar-refractivity contribution in [3.05, 3.63) is 189 Å². The van der Waals surface area contributed by atoms with E-state index < -0.39 is 11.6 Å². The van der Waals surface area contributed by atoms with Crippen molar-refractivity contribution in [1.82, 2.24) is 34.7 Å². The van der Waals surface area contributed by atoms with Crippen LogP contribution in [0.15, 0.2) is 140 Å². The molecule has 2 atom stereocenters. The van der Waals surface area contributed by atoms with Gasteiger partial charge in [-0.25, -0.2) is 18.7 Å². The number of carbonyl (C=O) groups excluding carboxylic acids is 2. The summed E-state index contributed by atoms with van der Waals surface area (Å²) >= 11 is 12.4. The van der Waals surface area contributed by atoms with Crippen LogP contribution in [0.25, 0.3) is 56.1 Å². The van der Waals surface area contributed by atoms with Crippen molar-refractivity contribution in [2.45, 2.75) is 175 Å². The molecule has 0 aliphatic heterocycles. The van der Waals surface area contributed by atoms with Crippen molar-refractivity contribution < 1.29 is 23.5 Å². The molecule has 97 heavy (non-hydrogen) atoms. The fourth-order valence-electron chi connectivity index (χ4n) is 19.3. The molecule has 6 aromatic carbocycles. The molecule has 9 aromatic rings. The van der Waals surface area contributed by atoms with Crippen LogP contribution >= 0.6 is 23.2 Å². The number of nitrogens with one attached hydrogen (secondary N) is 2. The van der Waals surface area contributed by atoms with Gasteiger partial charge in [0.15, 0.2) is 11.6 Å². The maximum Gasteiger partial charge on any atom is 0.159 e. The zero-order valence-electron chi connectivity index (χ0n) is 56.6. The quantitative estimate of drug-likeness (QED) is 0.0512. The highest BCUT2D eigenvalue weighted by Crippen LogP contribution is 2.62. The molecule has 2 unspecified atom stereocenters. The molecule has 17 rings (SSSR count). The number of ketones is 2. The van der Waals surface area contributed by atoms with Gasteiger partial charge in [0.25, 0.3) is 0 Å². The molecule has 8 aliphatic carbocycles. The van der Waals surface area contributed by atoms with E-state index in [0.717, 1.165) is 153 Å². The number of hydrogen-bond donors (Lipinski definition) is 3. The van der Waals surface area contributed by atoms with Crippen LogP contribution < -0.4 is 15.5 Å². The third-order valence-electron chi connectivity index (χ3n) is 22.6. The van der Waals surface area contributed by atoms with Gasteiger partial charge in [-0.1, -0.05) is 91.6 Å². The molecule has 0 radical (unpaired) electrons. The van der Waals surface area contributed by atoms with E-state index in [1.165, 1.54) is 88.8 Å². The van der Waals surface area contributed by atoms with Crippen LogP contribution in [-0.2, 0) is 42.4 Å². The normalized spacial score (nSPS) is 23.4. The molecule has 8 aliphatic rings. The number of rotatable bonds is 25. The van der Waals surface area contributed by atoms with E-state index in [1.54, 1.807) is 26.0 Å². The summed E-state index contributed by atoms with van der Waals surface area (Å²) in [5.74, 6) is 5.67. The van der Waals surface area contributed by atoms with Crippen molar-refractivity contribution in [2.24, 2.45) is 46.3 Å². The topological polar surface area (TPSA) is 130 Å². The Kier molecular flexibility index (Phi) is 19.8. The lowest BCUT2D eigenvalue weighted by Crippen LogP contribution is -2.48. The number of aliphatic hydroxyl groups is 1. The summed E-state index contributed by atoms with van der Waals surface area (Å²) in [5.41, 5.74) is 14.4. The average molecular weight is 1350 g/mol. The Balaban J connectivity index is 0.000000166. The smallest absolute Gasteiger partial charge is 0.159 e. The van der Waals surface area contributed by atoms with Crippen molar-refractivity contribution >= 4 is 62.5 Å². The van der Waals surface area contributed by atoms with Crippen LogP contribution in [0, 0.1) is 58.0 Å². The fourth-order valence-corrected chi connectivity index (χ4v) is 19.7. The number of fused-ring (bicyclic) bond motifs is 2. The first-order valence-corrected chi connectivity index (χ1v) is 36.6. The highest BCUT2D eigenvalue weighted by atomic mass is 35.5. The molecular formula is C82H92Cl2F2N8O3. The monoisotopic (exact) mass is 1340 g/mol. The minimum Gasteiger partial charge on any atom is -0.390 e. The number of nitrogens with zero attached hydrogens (tertiary/aromatic N) is 6. The van der Waals surface area contributed by atoms with Gasteiger partial charge in [-0.15, -0.1) is 0 Å². The predicted molar refractivity (Wildman–Crippen MR) is 386 cm³/mol. The van der Waals surface area contributed by atoms with Crippen LogP contribution in [0.2, 0.25) is 10.0 Å². The molecule has 3 N–H and O–H groups in total. The highest BCUT2D eigenvalue weighted by Gasteiger charge is 2.53. The fraction of sp³-hybridized carbons (Fsp3) is 0.451. The van der Waals surface area contributed by atoms with Crippen LogP contribution in [0.4, 0.5) is 14.5 Å². The van der Waals surface area contributed by atoms with Crippen LogP contribution in [0.1, 0.15) is 170 Å². The maximum absolute atomic E-state index is 13.9. The minimum absolute atomic E-state index is 0.0613. The zero-order valence-corrected chi connectivity index (χ0v) is 58.1. The van der Waals surface area contributed by atoms with Gasteiger partial charge in [0.2, 0.25) is 0 Å². The zero-order chi connectivity index (χ0) is 67.1. The third kappa shape index (κ3) is 14.8. The molecular weight excluding hydrogens is 1250 g/mol. The Bertz CT molecular complexity index is 4260. The standard InChI is InChI=1S/C41H42Cl2N4O2.C41H50F2N4O/c1-25(49)13-37(44-22-26-5-11-34(42)35(43)17-26)32-10-12-39-38(18-32)46-40(31-8-6-30(7-9-31)36-4-2-3-33(23-48)45-36)47(39)24-41-19-27-14-28(20-41)16-29(15-27)21-41;1-4-14-46(15-5-2)34-10-7-32(8-11-34)40-45-38-21-33(37(16-27(3)48)44-25-28-6-12-35(42)36(43)20-28)9-13-39(38)47(40)26-41-22-29-17-30(23-41)19-31(18-29)24-41/h2-12,17-18,27-29,37,44,48H,13-16,19-24H2,1H3;6-13,20-21,29-31,37,44H,4-5,14-19,22-26H2,1-3H3. The second-order valence-electron chi connectivity index (χ2n) is 30.3. The average Bonchev–Trinajstić information content (AvgIpc) is 1.73. The summed E-state index contributed by atoms with van der Waals surface area (Å²) in [6.45, 7) is 12.6. The number of aromatic nitrogens is 5. The molecule has 3 heterocycles. The first-order chi connectivity index (χ1) is 47.0. The Labute approximate surface area is 580 Å². The molecule has 506 valence electrons. The van der Waals surface area contributed by atoms with E-state index >= 15 is 0 Å². The number of imidazole rings is 2. The Hall–Kier alpha value is -7.13. The molecule has 0 spiro atoms. The van der Waals surface area contributed by atoms with E-state index in [4.69, 9.17) is 33.2 Å². The Morgan fingerprint density at radius 2 is 1.00 bits per heavy atom. The number of Topliss-reactive ketones (excluding diaryl/α,β-unsaturated/α-hetero) is 2. The largest absolute Gasteiger partial charge is 0.390 e. The number of benzene rings is 6. The van der Waals surface area contributed by atoms with Gasteiger partial charge in [-0.3, -0.25) is 14.6 Å². The van der Waals surface area contributed by atoms with Gasteiger partial charge in [0.1, 0.15) is 23.2 Å². The number of anilines is 1. The van der Waals surface area contributed by atoms with Crippen molar-refractivity contribution in [3.8, 4) is 34.0 Å². The Morgan fingerprint density at radius 3 is 1.44 bits per heavy atom. The molecule has 0 saturated heterocycles. The molecule has 3 aromatic heterocycles. The number of aliphatic hydroxyl groups excluding tert-OH is 1. The maximum atomic E-state index is 13.9. The number of hydrogen-bond acceptors (Lipinski definition) is 9. The molecule has 0 amide bonds. The van der Waals surface area contributed by atoms with E-state index in [-0.39, 0.29) is 30.3 Å². The first kappa shape index (κ1) is 67.1. The van der Waals surface area contributed by atoms with E-state index in [9.17, 15) is 23.5 Å². The summed E-state index contributed by atoms with van der Waals surface area (Å²) in [5, 5.41) is 17.7. The number of carbonyl (C=O) groups is 2. The molecule has 15 heteroatoms. The summed E-state index contributed by atoms with van der Waals surface area (Å²) in [7, 11) is 0. The van der Waals surface area contributed by atoms with Crippen molar-refractivity contribution in [2.75, 3.05) is 18.0 Å². The van der Waals surface area contributed by atoms with Gasteiger partial charge in [0.05, 0.1) is 50.1 Å². The molecule has 8 fully saturated rings. The van der Waals surface area contributed by atoms with Gasteiger partial charge < -0.3 is 29.8 Å². The van der Waals surface area contributed by atoms with Gasteiger partial charge in [-0.05, 0) is 257 Å². The number of halogens is 4. The van der Waals surface area contributed by atoms with Crippen molar-refractivity contribution in [1.29, 1.82) is 0 Å². The number of pyridine rings is 1. The minimum atomic E-state index is -0.868. The predicted octanol–water partition coefficient (Wildman–Crippen LogP) is 19.2. The summed E-state index contributed by atoms with van der Waals surface area (Å²) in [6.07, 6.45) is 19.4. The van der Waals surface area contributed by atoms with Crippen LogP contribution in [0.3, 0.4) is 0 Å². The summed E-state index contributed by atoms with van der Waals surface area (Å²) < 4.78 is 32.5. The Morgan fingerprint density at radius 1 is 0.546 bits per heavy atom. The van der Waals surface area contributed by atoms with E-state index in [0.29, 0.717) is 58.1 Å². The lowest BCUT2D eigenvalue weighted by atomic mass is 9.49. The lowest BCUT2D eigenvalue weighted by molar-refractivity contribution is -0.118. The molecule has 11 nitrogen and oxygen atoms in total. The van der Waals surface area contributed by atoms with E-state index in [1.807, 2.05) is 30.3 Å². The van der Waals surface area contributed by atoms with Gasteiger partial charge >= 0.3 is 0 Å². The van der Waals surface area contributed by atoms with Crippen LogP contribution in [-0.4, -0.2) is 53.8 Å². The van der Waals surface area contributed by atoms with Crippen molar-refractivity contribution in [3.63, 3.8) is 0 Å². The highest BCUT2D eigenvalue weighted by molar-refractivity contribution is 6.42. The van der Waals surface area contributed by atoms with Gasteiger partial charge in [-0.2, -0.15) is 0 Å². The lowest BCUT2D eigenvalue weighted by Gasteiger charge is -2.57. The second-order valence-corrected chi connectivity index (χ2v) is 31.1. The van der Waals surface area contributed by atoms with Gasteiger partial charge in [0, 0.05) is 86.6 Å². The summed E-state index contributed by atoms with van der Waals surface area (Å²) in [4.78, 5) is 42.6. The third-order valence-corrected chi connectivity index (χ3v) is 23.3. The second kappa shape index (κ2) is 28.6. The SMILES string of the molecule is CC(=O)CC(NCc1ccc(Cl)c(Cl)c1)c1ccc2c(c1)nc(-c1ccc(-c3cccc(CO)n3)cc1)n2CC12CC3CC(CC(C3)C1)C2.CCCN(CCC)c1ccc(-c2nc3cc(C(CC(C)=O)NCc4ccc(F)c(F)c4)ccc3n2CC23CC4CC(CC(C4)C2)C3)cc1.